The Kier molecular flexibility index (Phi) is 2.92. The van der Waals surface area contributed by atoms with E-state index in [9.17, 15) is 0 Å². The van der Waals surface area contributed by atoms with Crippen LogP contribution in [-0.4, -0.2) is 0 Å². The second kappa shape index (κ2) is 4.72. The van der Waals surface area contributed by atoms with Crippen LogP contribution < -0.4 is 0 Å². The van der Waals surface area contributed by atoms with Crippen molar-refractivity contribution in [3.8, 4) is 22.3 Å². The Morgan fingerprint density at radius 2 is 1.41 bits per heavy atom. The van der Waals surface area contributed by atoms with Gasteiger partial charge in [-0.15, -0.1) is 0 Å². The van der Waals surface area contributed by atoms with E-state index in [1.165, 1.54) is 33.4 Å². The fourth-order valence-corrected chi connectivity index (χ4v) is 3.84. The Morgan fingerprint density at radius 1 is 0.727 bits per heavy atom. The van der Waals surface area contributed by atoms with E-state index in [0.29, 0.717) is 0 Å². The van der Waals surface area contributed by atoms with Crippen molar-refractivity contribution in [3.63, 3.8) is 0 Å². The highest BCUT2D eigenvalue weighted by atomic mass is 35.5. The number of rotatable bonds is 1. The molecule has 0 aliphatic heterocycles. The molecule has 22 heavy (non-hydrogen) atoms. The first-order chi connectivity index (χ1) is 10.6. The molecule has 0 heterocycles. The number of hydrogen-bond donors (Lipinski definition) is 0. The summed E-state index contributed by atoms with van der Waals surface area (Å²) in [5.74, 6) is 0. The van der Waals surface area contributed by atoms with E-state index in [0.717, 1.165) is 5.02 Å². The molecule has 3 aromatic carbocycles. The summed E-state index contributed by atoms with van der Waals surface area (Å²) in [6.45, 7) is 4.61. The fourth-order valence-electron chi connectivity index (χ4n) is 3.65. The number of halogens is 1. The van der Waals surface area contributed by atoms with E-state index in [4.69, 9.17) is 11.6 Å². The van der Waals surface area contributed by atoms with Crippen LogP contribution in [0.2, 0.25) is 5.02 Å². The predicted molar refractivity (Wildman–Crippen MR) is 94.5 cm³/mol. The van der Waals surface area contributed by atoms with E-state index >= 15 is 0 Å². The van der Waals surface area contributed by atoms with Gasteiger partial charge in [-0.05, 0) is 45.5 Å². The molecule has 0 fully saturated rings. The molecule has 0 unspecified atom stereocenters. The molecule has 0 saturated carbocycles. The van der Waals surface area contributed by atoms with Crippen LogP contribution in [0.5, 0.6) is 0 Å². The number of hydrogen-bond acceptors (Lipinski definition) is 0. The Bertz CT molecular complexity index is 875. The monoisotopic (exact) mass is 304 g/mol. The van der Waals surface area contributed by atoms with E-state index in [1.54, 1.807) is 0 Å². The van der Waals surface area contributed by atoms with E-state index in [2.05, 4.69) is 62.4 Å². The second-order valence-electron chi connectivity index (χ2n) is 6.41. The van der Waals surface area contributed by atoms with Gasteiger partial charge in [-0.3, -0.25) is 0 Å². The average molecular weight is 305 g/mol. The van der Waals surface area contributed by atoms with Crippen molar-refractivity contribution in [1.82, 2.24) is 0 Å². The minimum absolute atomic E-state index is 0.0422. The van der Waals surface area contributed by atoms with Crippen molar-refractivity contribution in [2.24, 2.45) is 0 Å². The first-order valence-electron chi connectivity index (χ1n) is 7.58. The van der Waals surface area contributed by atoms with Crippen molar-refractivity contribution in [3.05, 3.63) is 82.9 Å². The molecular formula is C21H17Cl. The molecule has 0 aromatic heterocycles. The van der Waals surface area contributed by atoms with Crippen molar-refractivity contribution in [2.45, 2.75) is 19.3 Å². The van der Waals surface area contributed by atoms with Crippen LogP contribution in [-0.2, 0) is 5.41 Å². The first-order valence-corrected chi connectivity index (χ1v) is 7.96. The summed E-state index contributed by atoms with van der Waals surface area (Å²) in [6, 6.07) is 23.5. The van der Waals surface area contributed by atoms with Crippen molar-refractivity contribution in [2.75, 3.05) is 0 Å². The smallest absolute Gasteiger partial charge is 0.0412 e. The molecule has 108 valence electrons. The standard InChI is InChI=1S/C21H17Cl/c1-21(2)18-11-4-3-9-17(18)20-16(10-6-12-19(20)21)14-7-5-8-15(22)13-14/h3-13H,1-2H3. The van der Waals surface area contributed by atoms with Gasteiger partial charge in [0.2, 0.25) is 0 Å². The lowest BCUT2D eigenvalue weighted by Crippen LogP contribution is -2.14. The molecule has 0 spiro atoms. The van der Waals surface area contributed by atoms with Gasteiger partial charge < -0.3 is 0 Å². The van der Waals surface area contributed by atoms with Gasteiger partial charge in [0.05, 0.1) is 0 Å². The lowest BCUT2D eigenvalue weighted by Gasteiger charge is -2.21. The first kappa shape index (κ1) is 13.6. The molecular weight excluding hydrogens is 288 g/mol. The third-order valence-electron chi connectivity index (χ3n) is 4.74. The summed E-state index contributed by atoms with van der Waals surface area (Å²) < 4.78 is 0. The van der Waals surface area contributed by atoms with Gasteiger partial charge in [0.15, 0.2) is 0 Å². The quantitative estimate of drug-likeness (QED) is 0.494. The summed E-state index contributed by atoms with van der Waals surface area (Å²) in [5.41, 5.74) is 7.98. The summed E-state index contributed by atoms with van der Waals surface area (Å²) in [5, 5.41) is 0.778. The third-order valence-corrected chi connectivity index (χ3v) is 4.98. The molecule has 1 heteroatoms. The van der Waals surface area contributed by atoms with Gasteiger partial charge in [0.1, 0.15) is 0 Å². The van der Waals surface area contributed by atoms with E-state index in [1.807, 2.05) is 18.2 Å². The Labute approximate surface area is 136 Å². The Morgan fingerprint density at radius 3 is 2.23 bits per heavy atom. The third kappa shape index (κ3) is 1.84. The zero-order valence-corrected chi connectivity index (χ0v) is 13.5. The molecule has 4 rings (SSSR count). The van der Waals surface area contributed by atoms with Crippen LogP contribution >= 0.6 is 11.6 Å². The molecule has 0 radical (unpaired) electrons. The zero-order valence-electron chi connectivity index (χ0n) is 12.7. The largest absolute Gasteiger partial charge is 0.0843 e. The van der Waals surface area contributed by atoms with Gasteiger partial charge in [-0.1, -0.05) is 80.0 Å². The molecule has 0 bridgehead atoms. The normalized spacial score (nSPS) is 14.5. The summed E-state index contributed by atoms with van der Waals surface area (Å²) in [4.78, 5) is 0. The van der Waals surface area contributed by atoms with Crippen LogP contribution in [0.15, 0.2) is 66.7 Å². The predicted octanol–water partition coefficient (Wildman–Crippen LogP) is 6.31. The topological polar surface area (TPSA) is 0 Å². The van der Waals surface area contributed by atoms with Gasteiger partial charge >= 0.3 is 0 Å². The van der Waals surface area contributed by atoms with Gasteiger partial charge in [0, 0.05) is 10.4 Å². The number of benzene rings is 3. The molecule has 1 aliphatic rings. The van der Waals surface area contributed by atoms with E-state index in [-0.39, 0.29) is 5.41 Å². The molecule has 0 atom stereocenters. The maximum absolute atomic E-state index is 6.20. The maximum atomic E-state index is 6.20. The highest BCUT2D eigenvalue weighted by molar-refractivity contribution is 6.30. The van der Waals surface area contributed by atoms with Gasteiger partial charge in [0.25, 0.3) is 0 Å². The minimum atomic E-state index is 0.0422. The SMILES string of the molecule is CC1(C)c2ccccc2-c2c(-c3cccc(Cl)c3)cccc21. The van der Waals surface area contributed by atoms with Crippen LogP contribution in [0.3, 0.4) is 0 Å². The van der Waals surface area contributed by atoms with Gasteiger partial charge in [-0.2, -0.15) is 0 Å². The molecule has 0 N–H and O–H groups in total. The fraction of sp³-hybridized carbons (Fsp3) is 0.143. The molecule has 0 amide bonds. The van der Waals surface area contributed by atoms with Crippen LogP contribution in [0, 0.1) is 0 Å². The minimum Gasteiger partial charge on any atom is -0.0843 e. The number of fused-ring (bicyclic) bond motifs is 3. The van der Waals surface area contributed by atoms with Crippen molar-refractivity contribution >= 4 is 11.6 Å². The maximum Gasteiger partial charge on any atom is 0.0412 e. The second-order valence-corrected chi connectivity index (χ2v) is 6.85. The van der Waals surface area contributed by atoms with Crippen LogP contribution in [0.4, 0.5) is 0 Å². The highest BCUT2D eigenvalue weighted by Gasteiger charge is 2.36. The lowest BCUT2D eigenvalue weighted by molar-refractivity contribution is 0.660. The summed E-state index contributed by atoms with van der Waals surface area (Å²) >= 11 is 6.20. The molecule has 3 aromatic rings. The average Bonchev–Trinajstić information content (AvgIpc) is 2.76. The molecule has 0 nitrogen and oxygen atoms in total. The van der Waals surface area contributed by atoms with Crippen LogP contribution in [0.25, 0.3) is 22.3 Å². The summed E-state index contributed by atoms with van der Waals surface area (Å²) in [7, 11) is 0. The zero-order chi connectivity index (χ0) is 15.3. The molecule has 0 saturated heterocycles. The highest BCUT2D eigenvalue weighted by Crippen LogP contribution is 2.51. The van der Waals surface area contributed by atoms with Crippen LogP contribution in [0.1, 0.15) is 25.0 Å². The van der Waals surface area contributed by atoms with E-state index < -0.39 is 0 Å². The lowest BCUT2D eigenvalue weighted by atomic mass is 9.82. The Balaban J connectivity index is 2.07. The molecule has 1 aliphatic carbocycles. The van der Waals surface area contributed by atoms with Gasteiger partial charge in [-0.25, -0.2) is 0 Å². The van der Waals surface area contributed by atoms with Crippen molar-refractivity contribution < 1.29 is 0 Å². The Hall–Kier alpha value is -2.05. The van der Waals surface area contributed by atoms with Crippen molar-refractivity contribution in [1.29, 1.82) is 0 Å². The summed E-state index contributed by atoms with van der Waals surface area (Å²) in [6.07, 6.45) is 0.